The minimum atomic E-state index is -0.363. The maximum Gasteiger partial charge on any atom is 0.234 e. The van der Waals surface area contributed by atoms with Crippen molar-refractivity contribution < 1.29 is 18.7 Å². The molecule has 4 rings (SSSR count). The minimum absolute atomic E-state index is 0.0938. The second-order valence-electron chi connectivity index (χ2n) is 7.33. The van der Waals surface area contributed by atoms with Crippen molar-refractivity contribution in [3.63, 3.8) is 0 Å². The lowest BCUT2D eigenvalue weighted by atomic mass is 10.3. The topological polar surface area (TPSA) is 90.3 Å². The first kappa shape index (κ1) is 24.1. The monoisotopic (exact) mass is 493 g/mol. The largest absolute Gasteiger partial charge is 0.497 e. The number of rotatable bonds is 10. The number of nitrogens with zero attached hydrogens (tertiary/aromatic N) is 3. The van der Waals surface area contributed by atoms with E-state index in [1.165, 1.54) is 36.0 Å². The lowest BCUT2D eigenvalue weighted by Gasteiger charge is -2.14. The van der Waals surface area contributed by atoms with Crippen molar-refractivity contribution in [1.29, 1.82) is 0 Å². The summed E-state index contributed by atoms with van der Waals surface area (Å²) in [6.45, 7) is 0.389. The van der Waals surface area contributed by atoms with Crippen LogP contribution in [0.5, 0.6) is 11.5 Å². The van der Waals surface area contributed by atoms with E-state index in [-0.39, 0.29) is 17.5 Å². The Hall–Kier alpha value is -4.05. The molecule has 0 saturated carbocycles. The molecule has 0 fully saturated rings. The zero-order valence-corrected chi connectivity index (χ0v) is 20.0. The van der Waals surface area contributed by atoms with Crippen LogP contribution in [-0.2, 0) is 11.3 Å². The highest BCUT2D eigenvalue weighted by atomic mass is 32.2. The molecule has 0 spiro atoms. The molecule has 0 aliphatic rings. The standard InChI is InChI=1S/C25H24FN5O3S/c1-33-20-13-11-18(12-14-20)27-15-23-29-30-25(31(23)21-5-3-4-6-22(21)34-2)35-16-24(32)28-19-9-7-17(26)8-10-19/h3-14,27H,15-16H2,1-2H3,(H,28,32). The molecule has 0 unspecified atom stereocenters. The van der Waals surface area contributed by atoms with Gasteiger partial charge in [-0.1, -0.05) is 23.9 Å². The molecule has 0 saturated heterocycles. The van der Waals surface area contributed by atoms with E-state index < -0.39 is 0 Å². The van der Waals surface area contributed by atoms with Crippen molar-refractivity contribution >= 4 is 29.0 Å². The number of ether oxygens (including phenoxy) is 2. The molecule has 1 amide bonds. The van der Waals surface area contributed by atoms with E-state index in [1.54, 1.807) is 14.2 Å². The van der Waals surface area contributed by atoms with Gasteiger partial charge in [-0.25, -0.2) is 4.39 Å². The molecule has 0 atom stereocenters. The highest BCUT2D eigenvalue weighted by Gasteiger charge is 2.18. The molecule has 2 N–H and O–H groups in total. The highest BCUT2D eigenvalue weighted by molar-refractivity contribution is 7.99. The average Bonchev–Trinajstić information content (AvgIpc) is 3.30. The molecular weight excluding hydrogens is 469 g/mol. The molecule has 10 heteroatoms. The van der Waals surface area contributed by atoms with Gasteiger partial charge >= 0.3 is 0 Å². The van der Waals surface area contributed by atoms with E-state index in [0.29, 0.717) is 29.0 Å². The second kappa shape index (κ2) is 11.4. The number of halogens is 1. The smallest absolute Gasteiger partial charge is 0.234 e. The fourth-order valence-electron chi connectivity index (χ4n) is 3.32. The number of carbonyl (C=O) groups excluding carboxylic acids is 1. The number of anilines is 2. The van der Waals surface area contributed by atoms with Crippen LogP contribution < -0.4 is 20.1 Å². The van der Waals surface area contributed by atoms with Gasteiger partial charge in [0.25, 0.3) is 0 Å². The van der Waals surface area contributed by atoms with E-state index in [4.69, 9.17) is 9.47 Å². The number of benzene rings is 3. The normalized spacial score (nSPS) is 10.6. The van der Waals surface area contributed by atoms with Gasteiger partial charge in [0.2, 0.25) is 5.91 Å². The third-order valence-corrected chi connectivity index (χ3v) is 5.96. The molecule has 3 aromatic carbocycles. The summed E-state index contributed by atoms with van der Waals surface area (Å²) in [5.41, 5.74) is 2.17. The zero-order chi connectivity index (χ0) is 24.6. The summed E-state index contributed by atoms with van der Waals surface area (Å²) < 4.78 is 25.7. The third kappa shape index (κ3) is 6.10. The maximum atomic E-state index is 13.1. The lowest BCUT2D eigenvalue weighted by molar-refractivity contribution is -0.113. The summed E-state index contributed by atoms with van der Waals surface area (Å²) in [7, 11) is 3.22. The van der Waals surface area contributed by atoms with E-state index in [0.717, 1.165) is 17.1 Å². The summed E-state index contributed by atoms with van der Waals surface area (Å²) in [5, 5.41) is 15.3. The van der Waals surface area contributed by atoms with E-state index >= 15 is 0 Å². The Kier molecular flexibility index (Phi) is 7.84. The van der Waals surface area contributed by atoms with Gasteiger partial charge in [-0.15, -0.1) is 10.2 Å². The Morgan fingerprint density at radius 3 is 2.37 bits per heavy atom. The Morgan fingerprint density at radius 2 is 1.66 bits per heavy atom. The molecule has 0 radical (unpaired) electrons. The Bertz CT molecular complexity index is 1280. The van der Waals surface area contributed by atoms with Crippen LogP contribution >= 0.6 is 11.8 Å². The predicted molar refractivity (Wildman–Crippen MR) is 134 cm³/mol. The van der Waals surface area contributed by atoms with Gasteiger partial charge in [0.15, 0.2) is 11.0 Å². The lowest BCUT2D eigenvalue weighted by Crippen LogP contribution is -2.15. The molecule has 0 bridgehead atoms. The van der Waals surface area contributed by atoms with Crippen LogP contribution in [0.1, 0.15) is 5.82 Å². The van der Waals surface area contributed by atoms with Crippen molar-refractivity contribution in [2.24, 2.45) is 0 Å². The first-order valence-corrected chi connectivity index (χ1v) is 11.7. The molecule has 8 nitrogen and oxygen atoms in total. The average molecular weight is 494 g/mol. The van der Waals surface area contributed by atoms with Gasteiger partial charge in [-0.3, -0.25) is 9.36 Å². The van der Waals surface area contributed by atoms with Gasteiger partial charge in [0.05, 0.1) is 32.2 Å². The fourth-order valence-corrected chi connectivity index (χ4v) is 4.08. The Balaban J connectivity index is 1.53. The highest BCUT2D eigenvalue weighted by Crippen LogP contribution is 2.29. The number of hydrogen-bond donors (Lipinski definition) is 2. The van der Waals surface area contributed by atoms with Crippen molar-refractivity contribution in [1.82, 2.24) is 14.8 Å². The number of methoxy groups -OCH3 is 2. The van der Waals surface area contributed by atoms with Crippen LogP contribution in [0.15, 0.2) is 78.0 Å². The van der Waals surface area contributed by atoms with E-state index in [1.807, 2.05) is 53.1 Å². The van der Waals surface area contributed by atoms with E-state index in [9.17, 15) is 9.18 Å². The van der Waals surface area contributed by atoms with Crippen molar-refractivity contribution in [2.45, 2.75) is 11.7 Å². The van der Waals surface area contributed by atoms with E-state index in [2.05, 4.69) is 20.8 Å². The Labute approximate surface area is 206 Å². The van der Waals surface area contributed by atoms with Gasteiger partial charge < -0.3 is 20.1 Å². The first-order chi connectivity index (χ1) is 17.1. The summed E-state index contributed by atoms with van der Waals surface area (Å²) >= 11 is 1.24. The van der Waals surface area contributed by atoms with Gasteiger partial charge in [-0.05, 0) is 60.7 Å². The first-order valence-electron chi connectivity index (χ1n) is 10.7. The quantitative estimate of drug-likeness (QED) is 0.308. The second-order valence-corrected chi connectivity index (χ2v) is 8.27. The molecule has 35 heavy (non-hydrogen) atoms. The number of aromatic nitrogens is 3. The van der Waals surface area contributed by atoms with Crippen LogP contribution in [0.25, 0.3) is 5.69 Å². The van der Waals surface area contributed by atoms with Crippen LogP contribution in [0.4, 0.5) is 15.8 Å². The third-order valence-electron chi connectivity index (χ3n) is 5.03. The summed E-state index contributed by atoms with van der Waals surface area (Å²) in [6, 6.07) is 20.7. The van der Waals surface area contributed by atoms with Crippen LogP contribution in [0.2, 0.25) is 0 Å². The fraction of sp³-hybridized carbons (Fsp3) is 0.160. The molecule has 4 aromatic rings. The number of amides is 1. The summed E-state index contributed by atoms with van der Waals surface area (Å²) in [4.78, 5) is 12.5. The maximum absolute atomic E-state index is 13.1. The van der Waals surface area contributed by atoms with Gasteiger partial charge in [0, 0.05) is 11.4 Å². The SMILES string of the molecule is COc1ccc(NCc2nnc(SCC(=O)Nc3ccc(F)cc3)n2-c2ccccc2OC)cc1. The van der Waals surface area contributed by atoms with Crippen molar-refractivity contribution in [3.05, 3.63) is 84.4 Å². The number of carbonyl (C=O) groups is 1. The predicted octanol–water partition coefficient (Wildman–Crippen LogP) is 4.77. The molecule has 1 heterocycles. The number of para-hydroxylation sites is 2. The molecule has 180 valence electrons. The number of nitrogens with one attached hydrogen (secondary N) is 2. The van der Waals surface area contributed by atoms with Gasteiger partial charge in [-0.2, -0.15) is 0 Å². The minimum Gasteiger partial charge on any atom is -0.497 e. The molecule has 0 aliphatic carbocycles. The summed E-state index contributed by atoms with van der Waals surface area (Å²) in [6.07, 6.45) is 0. The van der Waals surface area contributed by atoms with Gasteiger partial charge in [0.1, 0.15) is 17.3 Å². The van der Waals surface area contributed by atoms with Crippen LogP contribution in [0, 0.1) is 5.82 Å². The number of hydrogen-bond acceptors (Lipinski definition) is 7. The van der Waals surface area contributed by atoms with Crippen LogP contribution in [0.3, 0.4) is 0 Å². The summed E-state index contributed by atoms with van der Waals surface area (Å²) in [5.74, 6) is 1.55. The van der Waals surface area contributed by atoms with Crippen molar-refractivity contribution in [2.75, 3.05) is 30.6 Å². The molecular formula is C25H24FN5O3S. The Morgan fingerprint density at radius 1 is 0.943 bits per heavy atom. The molecule has 0 aliphatic heterocycles. The zero-order valence-electron chi connectivity index (χ0n) is 19.2. The molecule has 1 aromatic heterocycles. The van der Waals surface area contributed by atoms with Crippen molar-refractivity contribution in [3.8, 4) is 17.2 Å². The van der Waals surface area contributed by atoms with Crippen LogP contribution in [-0.4, -0.2) is 40.6 Å². The number of thioether (sulfide) groups is 1.